The quantitative estimate of drug-likeness (QED) is 0.537. The molecule has 0 aliphatic rings. The summed E-state index contributed by atoms with van der Waals surface area (Å²) in [5, 5.41) is 5.54. The predicted molar refractivity (Wildman–Crippen MR) is 120 cm³/mol. The molecular weight excluding hydrogens is 376 g/mol. The van der Waals surface area contributed by atoms with Gasteiger partial charge in [0.1, 0.15) is 12.4 Å². The minimum atomic E-state index is -0.289. The van der Waals surface area contributed by atoms with Crippen LogP contribution in [0.2, 0.25) is 0 Å². The van der Waals surface area contributed by atoms with Gasteiger partial charge in [0.2, 0.25) is 11.8 Å². The zero-order chi connectivity index (χ0) is 21.3. The normalized spacial score (nSPS) is 10.6. The number of nitrogens with one attached hydrogen (secondary N) is 2. The first kappa shape index (κ1) is 20.9. The van der Waals surface area contributed by atoms with E-state index in [4.69, 9.17) is 4.74 Å². The lowest BCUT2D eigenvalue weighted by Gasteiger charge is -2.11. The number of carbonyl (C=O) groups is 2. The Morgan fingerprint density at radius 1 is 0.900 bits per heavy atom. The smallest absolute Gasteiger partial charge is 0.248 e. The Hall–Kier alpha value is -3.86. The third kappa shape index (κ3) is 6.34. The fraction of sp³-hybridized carbons (Fsp3) is 0.120. The van der Waals surface area contributed by atoms with Crippen molar-refractivity contribution in [3.63, 3.8) is 0 Å². The summed E-state index contributed by atoms with van der Waals surface area (Å²) in [6.07, 6.45) is 3.18. The van der Waals surface area contributed by atoms with Gasteiger partial charge < -0.3 is 15.4 Å². The van der Waals surface area contributed by atoms with Gasteiger partial charge >= 0.3 is 0 Å². The van der Waals surface area contributed by atoms with Gasteiger partial charge in [0.15, 0.2) is 0 Å². The SMILES string of the molecule is CC(=O)Nc1ccc(C)cc1NC(=O)/C=C/c1cccc(OCc2ccccc2)c1. The van der Waals surface area contributed by atoms with Crippen LogP contribution in [0.1, 0.15) is 23.6 Å². The summed E-state index contributed by atoms with van der Waals surface area (Å²) in [6, 6.07) is 22.9. The Kier molecular flexibility index (Phi) is 7.00. The number of rotatable bonds is 7. The molecule has 3 aromatic rings. The monoisotopic (exact) mass is 400 g/mol. The number of amides is 2. The molecule has 152 valence electrons. The molecule has 3 rings (SSSR count). The highest BCUT2D eigenvalue weighted by Crippen LogP contribution is 2.23. The van der Waals surface area contributed by atoms with E-state index in [-0.39, 0.29) is 11.8 Å². The van der Waals surface area contributed by atoms with Crippen molar-refractivity contribution in [3.05, 3.63) is 95.6 Å². The number of aryl methyl sites for hydroxylation is 1. The van der Waals surface area contributed by atoms with Crippen molar-refractivity contribution in [1.82, 2.24) is 0 Å². The van der Waals surface area contributed by atoms with E-state index in [0.29, 0.717) is 18.0 Å². The highest BCUT2D eigenvalue weighted by molar-refractivity contribution is 6.05. The Morgan fingerprint density at radius 2 is 1.70 bits per heavy atom. The van der Waals surface area contributed by atoms with Crippen molar-refractivity contribution in [2.45, 2.75) is 20.5 Å². The summed E-state index contributed by atoms with van der Waals surface area (Å²) in [6.45, 7) is 3.83. The van der Waals surface area contributed by atoms with Crippen LogP contribution in [0, 0.1) is 6.92 Å². The van der Waals surface area contributed by atoms with Gasteiger partial charge in [0, 0.05) is 13.0 Å². The van der Waals surface area contributed by atoms with Gasteiger partial charge in [-0.15, -0.1) is 0 Å². The minimum absolute atomic E-state index is 0.197. The molecule has 2 amide bonds. The van der Waals surface area contributed by atoms with Crippen LogP contribution in [-0.2, 0) is 16.2 Å². The molecule has 0 aliphatic heterocycles. The highest BCUT2D eigenvalue weighted by atomic mass is 16.5. The average molecular weight is 400 g/mol. The lowest BCUT2D eigenvalue weighted by Crippen LogP contribution is -2.13. The zero-order valence-electron chi connectivity index (χ0n) is 17.0. The molecule has 3 aromatic carbocycles. The maximum Gasteiger partial charge on any atom is 0.248 e. The molecule has 0 aromatic heterocycles. The molecule has 0 radical (unpaired) electrons. The lowest BCUT2D eigenvalue weighted by atomic mass is 10.1. The first-order valence-corrected chi connectivity index (χ1v) is 9.64. The molecule has 0 saturated heterocycles. The summed E-state index contributed by atoms with van der Waals surface area (Å²) < 4.78 is 5.83. The second kappa shape index (κ2) is 10.1. The van der Waals surface area contributed by atoms with Gasteiger partial charge in [-0.25, -0.2) is 0 Å². The highest BCUT2D eigenvalue weighted by Gasteiger charge is 2.07. The third-order valence-electron chi connectivity index (χ3n) is 4.28. The Labute approximate surface area is 176 Å². The summed E-state index contributed by atoms with van der Waals surface area (Å²) in [5.74, 6) is 0.244. The molecule has 2 N–H and O–H groups in total. The van der Waals surface area contributed by atoms with Gasteiger partial charge in [-0.2, -0.15) is 0 Å². The van der Waals surface area contributed by atoms with Gasteiger partial charge in [-0.3, -0.25) is 9.59 Å². The first-order chi connectivity index (χ1) is 14.5. The topological polar surface area (TPSA) is 67.4 Å². The molecule has 0 saturated carbocycles. The number of anilines is 2. The average Bonchev–Trinajstić information content (AvgIpc) is 2.73. The van der Waals surface area contributed by atoms with Crippen molar-refractivity contribution >= 4 is 29.3 Å². The van der Waals surface area contributed by atoms with E-state index < -0.39 is 0 Å². The van der Waals surface area contributed by atoms with Gasteiger partial charge in [0.05, 0.1) is 11.4 Å². The predicted octanol–water partition coefficient (Wildman–Crippen LogP) is 5.18. The van der Waals surface area contributed by atoms with Crippen LogP contribution in [0.4, 0.5) is 11.4 Å². The van der Waals surface area contributed by atoms with Crippen LogP contribution < -0.4 is 15.4 Å². The van der Waals surface area contributed by atoms with E-state index in [0.717, 1.165) is 22.4 Å². The molecule has 5 heteroatoms. The van der Waals surface area contributed by atoms with Crippen LogP contribution in [0.5, 0.6) is 5.75 Å². The molecule has 0 atom stereocenters. The van der Waals surface area contributed by atoms with Gasteiger partial charge in [-0.1, -0.05) is 48.5 Å². The maximum atomic E-state index is 12.4. The largest absolute Gasteiger partial charge is 0.489 e. The Bertz CT molecular complexity index is 1060. The number of hydrogen-bond donors (Lipinski definition) is 2. The van der Waals surface area contributed by atoms with E-state index in [1.807, 2.05) is 73.7 Å². The second-order valence-corrected chi connectivity index (χ2v) is 6.90. The van der Waals surface area contributed by atoms with E-state index >= 15 is 0 Å². The second-order valence-electron chi connectivity index (χ2n) is 6.90. The van der Waals surface area contributed by atoms with Crippen molar-refractivity contribution in [2.75, 3.05) is 10.6 Å². The molecule has 5 nitrogen and oxygen atoms in total. The molecule has 0 fully saturated rings. The van der Waals surface area contributed by atoms with E-state index in [9.17, 15) is 9.59 Å². The zero-order valence-corrected chi connectivity index (χ0v) is 17.0. The third-order valence-corrected chi connectivity index (χ3v) is 4.28. The van der Waals surface area contributed by atoms with E-state index in [1.54, 1.807) is 12.1 Å². The molecule has 0 heterocycles. The molecule has 0 spiro atoms. The number of carbonyl (C=O) groups excluding carboxylic acids is 2. The number of benzene rings is 3. The van der Waals surface area contributed by atoms with E-state index in [1.165, 1.54) is 13.0 Å². The fourth-order valence-electron chi connectivity index (χ4n) is 2.86. The molecule has 30 heavy (non-hydrogen) atoms. The number of ether oxygens (including phenoxy) is 1. The summed E-state index contributed by atoms with van der Waals surface area (Å²) in [5.41, 5.74) is 4.03. The number of hydrogen-bond acceptors (Lipinski definition) is 3. The van der Waals surface area contributed by atoms with Crippen LogP contribution in [0.3, 0.4) is 0 Å². The minimum Gasteiger partial charge on any atom is -0.489 e. The van der Waals surface area contributed by atoms with Crippen LogP contribution in [-0.4, -0.2) is 11.8 Å². The molecular formula is C25H24N2O3. The first-order valence-electron chi connectivity index (χ1n) is 9.64. The summed E-state index contributed by atoms with van der Waals surface area (Å²) in [4.78, 5) is 23.8. The molecule has 0 bridgehead atoms. The Morgan fingerprint density at radius 3 is 2.47 bits per heavy atom. The Balaban J connectivity index is 1.64. The standard InChI is InChI=1S/C25H24N2O3/c1-18-11-13-23(26-19(2)28)24(15-18)27-25(29)14-12-20-9-6-10-22(16-20)30-17-21-7-4-3-5-8-21/h3-16H,17H2,1-2H3,(H,26,28)(H,27,29)/b14-12+. The summed E-state index contributed by atoms with van der Waals surface area (Å²) >= 11 is 0. The lowest BCUT2D eigenvalue weighted by molar-refractivity contribution is -0.114. The van der Waals surface area contributed by atoms with Crippen LogP contribution in [0.25, 0.3) is 6.08 Å². The van der Waals surface area contributed by atoms with Crippen molar-refractivity contribution in [2.24, 2.45) is 0 Å². The van der Waals surface area contributed by atoms with Crippen molar-refractivity contribution < 1.29 is 14.3 Å². The van der Waals surface area contributed by atoms with Gasteiger partial charge in [-0.05, 0) is 54.0 Å². The molecule has 0 unspecified atom stereocenters. The van der Waals surface area contributed by atoms with Crippen molar-refractivity contribution in [3.8, 4) is 5.75 Å². The van der Waals surface area contributed by atoms with Crippen LogP contribution in [0.15, 0.2) is 78.9 Å². The molecule has 0 aliphatic carbocycles. The van der Waals surface area contributed by atoms with Crippen LogP contribution >= 0.6 is 0 Å². The fourth-order valence-corrected chi connectivity index (χ4v) is 2.86. The van der Waals surface area contributed by atoms with Gasteiger partial charge in [0.25, 0.3) is 0 Å². The summed E-state index contributed by atoms with van der Waals surface area (Å²) in [7, 11) is 0. The van der Waals surface area contributed by atoms with E-state index in [2.05, 4.69) is 10.6 Å². The van der Waals surface area contributed by atoms with Crippen molar-refractivity contribution in [1.29, 1.82) is 0 Å². The maximum absolute atomic E-state index is 12.4.